The second-order valence-electron chi connectivity index (χ2n) is 3.28. The molecule has 0 saturated heterocycles. The summed E-state index contributed by atoms with van der Waals surface area (Å²) in [6.07, 6.45) is 3.68. The van der Waals surface area contributed by atoms with Crippen LogP contribution in [0.1, 0.15) is 10.7 Å². The summed E-state index contributed by atoms with van der Waals surface area (Å²) in [5.74, 6) is 0. The lowest BCUT2D eigenvalue weighted by Gasteiger charge is -2.01. The number of hydrogen-bond acceptors (Lipinski definition) is 6. The average Bonchev–Trinajstić information content (AvgIpc) is 2.95. The van der Waals surface area contributed by atoms with E-state index in [0.29, 0.717) is 6.54 Å². The predicted octanol–water partition coefficient (Wildman–Crippen LogP) is -0.0169. The zero-order chi connectivity index (χ0) is 11.2. The lowest BCUT2D eigenvalue weighted by molar-refractivity contribution is 0.539. The Morgan fingerprint density at radius 2 is 2.44 bits per heavy atom. The lowest BCUT2D eigenvalue weighted by atomic mass is 10.5. The number of nitrogens with two attached hydrogens (primary N) is 1. The van der Waals surface area contributed by atoms with Crippen LogP contribution in [0.15, 0.2) is 17.8 Å². The summed E-state index contributed by atoms with van der Waals surface area (Å²) >= 11 is 1.65. The van der Waals surface area contributed by atoms with Crippen LogP contribution in [0.25, 0.3) is 0 Å². The zero-order valence-electron chi connectivity index (χ0n) is 8.83. The minimum absolute atomic E-state index is 0.437. The van der Waals surface area contributed by atoms with Crippen molar-refractivity contribution in [2.24, 2.45) is 5.73 Å². The molecule has 86 valence electrons. The van der Waals surface area contributed by atoms with Crippen molar-refractivity contribution in [3.05, 3.63) is 28.5 Å². The van der Waals surface area contributed by atoms with E-state index in [1.807, 2.05) is 17.8 Å². The fraction of sp³-hybridized carbons (Fsp3) is 0.444. The van der Waals surface area contributed by atoms with Gasteiger partial charge in [0.2, 0.25) is 0 Å². The molecular formula is C9H14N6S. The Labute approximate surface area is 97.5 Å². The Morgan fingerprint density at radius 1 is 1.50 bits per heavy atom. The molecule has 0 atom stereocenters. The van der Waals surface area contributed by atoms with Crippen LogP contribution in [0.3, 0.4) is 0 Å². The topological polar surface area (TPSA) is 81.6 Å². The van der Waals surface area contributed by atoms with Gasteiger partial charge in [-0.25, -0.2) is 4.98 Å². The van der Waals surface area contributed by atoms with Gasteiger partial charge in [0.15, 0.2) is 0 Å². The van der Waals surface area contributed by atoms with Gasteiger partial charge in [-0.3, -0.25) is 4.68 Å². The van der Waals surface area contributed by atoms with Crippen LogP contribution in [-0.4, -0.2) is 26.5 Å². The molecule has 7 heteroatoms. The van der Waals surface area contributed by atoms with E-state index >= 15 is 0 Å². The molecular weight excluding hydrogens is 224 g/mol. The van der Waals surface area contributed by atoms with Crippen molar-refractivity contribution in [1.29, 1.82) is 0 Å². The summed E-state index contributed by atoms with van der Waals surface area (Å²) in [4.78, 5) is 4.18. The monoisotopic (exact) mass is 238 g/mol. The molecule has 0 aliphatic rings. The highest BCUT2D eigenvalue weighted by molar-refractivity contribution is 7.09. The first-order chi connectivity index (χ1) is 7.88. The minimum Gasteiger partial charge on any atom is -0.325 e. The first-order valence-electron chi connectivity index (χ1n) is 5.06. The van der Waals surface area contributed by atoms with E-state index in [1.54, 1.807) is 16.0 Å². The molecule has 0 saturated carbocycles. The van der Waals surface area contributed by atoms with Gasteiger partial charge in [-0.15, -0.1) is 16.4 Å². The van der Waals surface area contributed by atoms with Crippen molar-refractivity contribution in [1.82, 2.24) is 25.3 Å². The van der Waals surface area contributed by atoms with E-state index in [1.165, 1.54) is 0 Å². The highest BCUT2D eigenvalue weighted by Gasteiger charge is 1.98. The van der Waals surface area contributed by atoms with E-state index in [2.05, 4.69) is 20.6 Å². The standard InChI is InChI=1S/C9H14N6S/c10-5-8-7-15(14-13-8)3-1-11-6-9-12-2-4-16-9/h2,4,7,11H,1,3,5-6,10H2. The van der Waals surface area contributed by atoms with Crippen LogP contribution in [0, 0.1) is 0 Å². The number of rotatable bonds is 6. The molecule has 0 aromatic carbocycles. The van der Waals surface area contributed by atoms with E-state index in [9.17, 15) is 0 Å². The van der Waals surface area contributed by atoms with Crippen molar-refractivity contribution < 1.29 is 0 Å². The maximum Gasteiger partial charge on any atom is 0.106 e. The van der Waals surface area contributed by atoms with E-state index in [4.69, 9.17) is 5.73 Å². The average molecular weight is 238 g/mol. The van der Waals surface area contributed by atoms with Gasteiger partial charge in [-0.05, 0) is 0 Å². The molecule has 0 bridgehead atoms. The number of hydrogen-bond donors (Lipinski definition) is 2. The van der Waals surface area contributed by atoms with Gasteiger partial charge >= 0.3 is 0 Å². The van der Waals surface area contributed by atoms with Crippen molar-refractivity contribution >= 4 is 11.3 Å². The van der Waals surface area contributed by atoms with Crippen molar-refractivity contribution in [3.8, 4) is 0 Å². The molecule has 16 heavy (non-hydrogen) atoms. The first-order valence-corrected chi connectivity index (χ1v) is 5.94. The van der Waals surface area contributed by atoms with Gasteiger partial charge in [0, 0.05) is 37.4 Å². The molecule has 6 nitrogen and oxygen atoms in total. The van der Waals surface area contributed by atoms with E-state index in [0.717, 1.165) is 30.3 Å². The fourth-order valence-corrected chi connectivity index (χ4v) is 1.86. The largest absolute Gasteiger partial charge is 0.325 e. The van der Waals surface area contributed by atoms with Crippen LogP contribution in [-0.2, 0) is 19.6 Å². The van der Waals surface area contributed by atoms with Gasteiger partial charge in [0.25, 0.3) is 0 Å². The summed E-state index contributed by atoms with van der Waals surface area (Å²) in [5.41, 5.74) is 6.26. The molecule has 0 spiro atoms. The van der Waals surface area contributed by atoms with Gasteiger partial charge in [-0.2, -0.15) is 0 Å². The highest BCUT2D eigenvalue weighted by Crippen LogP contribution is 2.02. The molecule has 0 amide bonds. The van der Waals surface area contributed by atoms with Crippen molar-refractivity contribution in [2.45, 2.75) is 19.6 Å². The number of nitrogens with one attached hydrogen (secondary N) is 1. The molecule has 0 unspecified atom stereocenters. The normalized spacial score (nSPS) is 10.8. The van der Waals surface area contributed by atoms with Crippen molar-refractivity contribution in [3.63, 3.8) is 0 Å². The molecule has 0 aliphatic heterocycles. The molecule has 0 fully saturated rings. The first kappa shape index (κ1) is 11.2. The molecule has 2 aromatic rings. The number of nitrogens with zero attached hydrogens (tertiary/aromatic N) is 4. The Hall–Kier alpha value is -1.31. The van der Waals surface area contributed by atoms with E-state index < -0.39 is 0 Å². The summed E-state index contributed by atoms with van der Waals surface area (Å²) < 4.78 is 1.79. The summed E-state index contributed by atoms with van der Waals surface area (Å²) in [5, 5.41) is 14.2. The second kappa shape index (κ2) is 5.69. The number of thiazole rings is 1. The lowest BCUT2D eigenvalue weighted by Crippen LogP contribution is -2.19. The smallest absolute Gasteiger partial charge is 0.106 e. The highest BCUT2D eigenvalue weighted by atomic mass is 32.1. The Bertz CT molecular complexity index is 409. The number of aromatic nitrogens is 4. The minimum atomic E-state index is 0.437. The SMILES string of the molecule is NCc1cn(CCNCc2nccs2)nn1. The third-order valence-corrected chi connectivity index (χ3v) is 2.85. The Morgan fingerprint density at radius 3 is 3.12 bits per heavy atom. The van der Waals surface area contributed by atoms with Crippen LogP contribution in [0.4, 0.5) is 0 Å². The molecule has 2 heterocycles. The van der Waals surface area contributed by atoms with Crippen molar-refractivity contribution in [2.75, 3.05) is 6.54 Å². The third-order valence-electron chi connectivity index (χ3n) is 2.07. The fourth-order valence-electron chi connectivity index (χ4n) is 1.27. The zero-order valence-corrected chi connectivity index (χ0v) is 9.65. The van der Waals surface area contributed by atoms with Gasteiger partial charge in [-0.1, -0.05) is 5.21 Å². The maximum absolute atomic E-state index is 5.44. The molecule has 0 aliphatic carbocycles. The molecule has 2 rings (SSSR count). The van der Waals surface area contributed by atoms with E-state index in [-0.39, 0.29) is 0 Å². The van der Waals surface area contributed by atoms with Crippen LogP contribution in [0.5, 0.6) is 0 Å². The van der Waals surface area contributed by atoms with Crippen LogP contribution >= 0.6 is 11.3 Å². The summed E-state index contributed by atoms with van der Waals surface area (Å²) in [6, 6.07) is 0. The van der Waals surface area contributed by atoms with Crippen LogP contribution in [0.2, 0.25) is 0 Å². The quantitative estimate of drug-likeness (QED) is 0.691. The van der Waals surface area contributed by atoms with Gasteiger partial charge < -0.3 is 11.1 Å². The maximum atomic E-state index is 5.44. The van der Waals surface area contributed by atoms with Gasteiger partial charge in [0.05, 0.1) is 12.2 Å². The third kappa shape index (κ3) is 3.09. The summed E-state index contributed by atoms with van der Waals surface area (Å²) in [6.45, 7) is 2.87. The van der Waals surface area contributed by atoms with Gasteiger partial charge in [0.1, 0.15) is 5.01 Å². The Balaban J connectivity index is 1.68. The van der Waals surface area contributed by atoms with Crippen LogP contribution < -0.4 is 11.1 Å². The molecule has 0 radical (unpaired) electrons. The molecule has 3 N–H and O–H groups in total. The molecule has 2 aromatic heterocycles. The second-order valence-corrected chi connectivity index (χ2v) is 4.26. The summed E-state index contributed by atoms with van der Waals surface area (Å²) in [7, 11) is 0. The predicted molar refractivity (Wildman–Crippen MR) is 61.7 cm³/mol. The Kier molecular flexibility index (Phi) is 3.97.